The van der Waals surface area contributed by atoms with Crippen molar-refractivity contribution < 1.29 is 0 Å². The fourth-order valence-corrected chi connectivity index (χ4v) is 4.98. The summed E-state index contributed by atoms with van der Waals surface area (Å²) in [5.41, 5.74) is 0.960. The lowest BCUT2D eigenvalue weighted by atomic mass is 9.79. The molecule has 1 aliphatic heterocycles. The van der Waals surface area contributed by atoms with Crippen molar-refractivity contribution in [3.05, 3.63) is 27.1 Å². The third-order valence-corrected chi connectivity index (χ3v) is 6.10. The molecule has 2 aromatic heterocycles. The van der Waals surface area contributed by atoms with E-state index in [0.29, 0.717) is 4.96 Å². The smallest absolute Gasteiger partial charge is 0.275 e. The van der Waals surface area contributed by atoms with Crippen LogP contribution in [0.4, 0.5) is 0 Å². The molecule has 2 fully saturated rings. The third kappa shape index (κ3) is 2.81. The van der Waals surface area contributed by atoms with Crippen molar-refractivity contribution in [3.63, 3.8) is 0 Å². The quantitative estimate of drug-likeness (QED) is 0.904. The molecule has 2 aliphatic rings. The highest BCUT2D eigenvalue weighted by atomic mass is 32.1. The normalized spacial score (nSPS) is 22.0. The Kier molecular flexibility index (Phi) is 3.95. The van der Waals surface area contributed by atoms with E-state index in [1.165, 1.54) is 36.6 Å². The van der Waals surface area contributed by atoms with Gasteiger partial charge in [-0.15, -0.1) is 0 Å². The van der Waals surface area contributed by atoms with Crippen LogP contribution in [0.3, 0.4) is 0 Å². The molecule has 1 N–H and O–H groups in total. The molecule has 0 aromatic carbocycles. The Balaban J connectivity index is 1.63. The number of rotatable bonds is 2. The van der Waals surface area contributed by atoms with Gasteiger partial charge < -0.3 is 5.32 Å². The van der Waals surface area contributed by atoms with Gasteiger partial charge in [0.05, 0.1) is 6.54 Å². The molecule has 1 aliphatic carbocycles. The van der Waals surface area contributed by atoms with Gasteiger partial charge in [0.2, 0.25) is 4.96 Å². The Morgan fingerprint density at radius 2 is 2.17 bits per heavy atom. The Morgan fingerprint density at radius 3 is 3.00 bits per heavy atom. The van der Waals surface area contributed by atoms with Crippen molar-refractivity contribution >= 4 is 16.3 Å². The minimum atomic E-state index is -0.0808. The number of hydrogen-bond acceptors (Lipinski definition) is 6. The van der Waals surface area contributed by atoms with Crippen LogP contribution in [-0.2, 0) is 6.54 Å². The van der Waals surface area contributed by atoms with Crippen LogP contribution < -0.4 is 10.9 Å². The molecule has 23 heavy (non-hydrogen) atoms. The molecule has 0 bridgehead atoms. The molecule has 0 amide bonds. The zero-order chi connectivity index (χ0) is 15.9. The maximum absolute atomic E-state index is 12.0. The van der Waals surface area contributed by atoms with E-state index in [4.69, 9.17) is 0 Å². The first-order valence-corrected chi connectivity index (χ1v) is 9.30. The Morgan fingerprint density at radius 1 is 1.35 bits per heavy atom. The summed E-state index contributed by atoms with van der Waals surface area (Å²) in [4.78, 5) is 19.8. The second kappa shape index (κ2) is 5.96. The van der Waals surface area contributed by atoms with Gasteiger partial charge >= 0.3 is 0 Å². The highest BCUT2D eigenvalue weighted by Gasteiger charge is 2.39. The third-order valence-electron chi connectivity index (χ3n) is 5.21. The molecule has 124 valence electrons. The summed E-state index contributed by atoms with van der Waals surface area (Å²) >= 11 is 1.55. The minimum absolute atomic E-state index is 0.0808. The van der Waals surface area contributed by atoms with Crippen molar-refractivity contribution in [3.8, 4) is 0 Å². The molecule has 4 rings (SSSR count). The lowest BCUT2D eigenvalue weighted by molar-refractivity contribution is 0.0206. The summed E-state index contributed by atoms with van der Waals surface area (Å²) in [6, 6.07) is 1.55. The van der Waals surface area contributed by atoms with E-state index in [0.717, 1.165) is 36.9 Å². The van der Waals surface area contributed by atoms with Crippen LogP contribution >= 0.6 is 11.3 Å². The number of hydrogen-bond donors (Lipinski definition) is 1. The second-order valence-electron chi connectivity index (χ2n) is 6.81. The summed E-state index contributed by atoms with van der Waals surface area (Å²) in [6.07, 6.45) is 6.52. The summed E-state index contributed by atoms with van der Waals surface area (Å²) in [5, 5.41) is 9.09. The first-order chi connectivity index (χ1) is 11.2. The van der Waals surface area contributed by atoms with Gasteiger partial charge in [-0.2, -0.15) is 9.61 Å². The van der Waals surface area contributed by atoms with Crippen LogP contribution in [0.25, 0.3) is 4.96 Å². The van der Waals surface area contributed by atoms with Crippen molar-refractivity contribution in [2.45, 2.75) is 51.1 Å². The molecule has 1 saturated heterocycles. The number of nitrogens with zero attached hydrogens (tertiary/aromatic N) is 4. The lowest BCUT2D eigenvalue weighted by Gasteiger charge is -2.49. The first kappa shape index (κ1) is 15.2. The lowest BCUT2D eigenvalue weighted by Crippen LogP contribution is -2.61. The molecule has 0 radical (unpaired) electrons. The number of aryl methyl sites for hydroxylation is 1. The van der Waals surface area contributed by atoms with Gasteiger partial charge in [0.25, 0.3) is 5.56 Å². The molecule has 1 saturated carbocycles. The summed E-state index contributed by atoms with van der Waals surface area (Å²) in [5.74, 6) is 0. The van der Waals surface area contributed by atoms with Gasteiger partial charge in [-0.25, -0.2) is 4.98 Å². The van der Waals surface area contributed by atoms with Gasteiger partial charge in [-0.05, 0) is 19.8 Å². The average Bonchev–Trinajstić information content (AvgIpc) is 2.93. The molecular formula is C16H23N5OS. The van der Waals surface area contributed by atoms with Gasteiger partial charge in [-0.1, -0.05) is 30.6 Å². The van der Waals surface area contributed by atoms with Crippen LogP contribution in [0.1, 0.15) is 42.8 Å². The van der Waals surface area contributed by atoms with E-state index in [9.17, 15) is 4.79 Å². The maximum Gasteiger partial charge on any atom is 0.275 e. The highest BCUT2D eigenvalue weighted by molar-refractivity contribution is 7.16. The van der Waals surface area contributed by atoms with Gasteiger partial charge in [0.15, 0.2) is 0 Å². The first-order valence-electron chi connectivity index (χ1n) is 8.49. The van der Waals surface area contributed by atoms with E-state index >= 15 is 0 Å². The highest BCUT2D eigenvalue weighted by Crippen LogP contribution is 2.35. The summed E-state index contributed by atoms with van der Waals surface area (Å²) < 4.78 is 1.45. The van der Waals surface area contributed by atoms with Crippen LogP contribution in [0.5, 0.6) is 0 Å². The van der Waals surface area contributed by atoms with Crippen LogP contribution in [0, 0.1) is 6.92 Å². The monoisotopic (exact) mass is 333 g/mol. The van der Waals surface area contributed by atoms with Crippen molar-refractivity contribution in [2.75, 3.05) is 19.6 Å². The van der Waals surface area contributed by atoms with Crippen molar-refractivity contribution in [2.24, 2.45) is 0 Å². The Hall–Kier alpha value is -1.31. The van der Waals surface area contributed by atoms with Crippen molar-refractivity contribution in [1.82, 2.24) is 24.8 Å². The van der Waals surface area contributed by atoms with Crippen LogP contribution in [0.2, 0.25) is 0 Å². The van der Waals surface area contributed by atoms with Gasteiger partial charge in [0.1, 0.15) is 5.01 Å². The standard InChI is InChI=1S/C16H23N5OS/c1-12-9-14(22)21-15(18-12)23-13(19-21)10-20-8-7-17-11-16(20)5-3-2-4-6-16/h9,17H,2-8,10-11H2,1H3. The molecule has 1 spiro atoms. The fourth-order valence-electron chi connectivity index (χ4n) is 4.02. The number of nitrogens with one attached hydrogen (secondary N) is 1. The van der Waals surface area contributed by atoms with E-state index < -0.39 is 0 Å². The molecule has 6 nitrogen and oxygen atoms in total. The maximum atomic E-state index is 12.0. The molecule has 7 heteroatoms. The second-order valence-corrected chi connectivity index (χ2v) is 7.85. The summed E-state index contributed by atoms with van der Waals surface area (Å²) in [6.45, 7) is 5.85. The number of aromatic nitrogens is 3. The van der Waals surface area contributed by atoms with Gasteiger partial charge in [-0.3, -0.25) is 9.69 Å². The molecule has 0 atom stereocenters. The van der Waals surface area contributed by atoms with Crippen molar-refractivity contribution in [1.29, 1.82) is 0 Å². The van der Waals surface area contributed by atoms with E-state index in [-0.39, 0.29) is 11.1 Å². The molecular weight excluding hydrogens is 310 g/mol. The number of piperazine rings is 1. The zero-order valence-corrected chi connectivity index (χ0v) is 14.4. The molecule has 3 heterocycles. The molecule has 0 unspecified atom stereocenters. The predicted octanol–water partition coefficient (Wildman–Crippen LogP) is 1.57. The number of fused-ring (bicyclic) bond motifs is 1. The largest absolute Gasteiger partial charge is 0.314 e. The minimum Gasteiger partial charge on any atom is -0.314 e. The SMILES string of the molecule is Cc1cc(=O)n2nc(CN3CCNCC34CCCCC4)sc2n1. The Bertz CT molecular complexity index is 753. The zero-order valence-electron chi connectivity index (χ0n) is 13.5. The van der Waals surface area contributed by atoms with E-state index in [2.05, 4.69) is 20.3 Å². The van der Waals surface area contributed by atoms with Crippen LogP contribution in [-0.4, -0.2) is 44.7 Å². The van der Waals surface area contributed by atoms with Gasteiger partial charge in [0, 0.05) is 36.9 Å². The van der Waals surface area contributed by atoms with E-state index in [1.54, 1.807) is 17.4 Å². The topological polar surface area (TPSA) is 62.5 Å². The summed E-state index contributed by atoms with van der Waals surface area (Å²) in [7, 11) is 0. The van der Waals surface area contributed by atoms with E-state index in [1.807, 2.05) is 6.92 Å². The fraction of sp³-hybridized carbons (Fsp3) is 0.688. The van der Waals surface area contributed by atoms with Crippen LogP contribution in [0.15, 0.2) is 10.9 Å². The molecule has 2 aromatic rings. The predicted molar refractivity (Wildman–Crippen MR) is 91.0 cm³/mol. The Labute approximate surface area is 139 Å². The average molecular weight is 333 g/mol.